The lowest BCUT2D eigenvalue weighted by molar-refractivity contribution is 0.0588. The SMILES string of the molecule is C/C=C(\C(=C\CCCCC)CCCC)N(NC(=O)OC(C)C)C(=O)OC(C)C. The van der Waals surface area contributed by atoms with E-state index in [1.54, 1.807) is 27.7 Å². The average molecular weight is 397 g/mol. The first-order valence-corrected chi connectivity index (χ1v) is 10.6. The molecule has 0 aliphatic heterocycles. The molecular formula is C22H40N2O4. The highest BCUT2D eigenvalue weighted by molar-refractivity contribution is 5.76. The summed E-state index contributed by atoms with van der Waals surface area (Å²) in [7, 11) is 0. The van der Waals surface area contributed by atoms with E-state index in [0.29, 0.717) is 5.70 Å². The van der Waals surface area contributed by atoms with Gasteiger partial charge in [-0.05, 0) is 65.9 Å². The van der Waals surface area contributed by atoms with E-state index < -0.39 is 12.2 Å². The number of amides is 2. The quantitative estimate of drug-likeness (QED) is 0.246. The predicted octanol–water partition coefficient (Wildman–Crippen LogP) is 6.48. The summed E-state index contributed by atoms with van der Waals surface area (Å²) in [6.07, 6.45) is 9.34. The van der Waals surface area contributed by atoms with Crippen LogP contribution in [0, 0.1) is 0 Å². The van der Waals surface area contributed by atoms with Gasteiger partial charge >= 0.3 is 12.2 Å². The number of hydrazine groups is 1. The van der Waals surface area contributed by atoms with Gasteiger partial charge in [0.1, 0.15) is 0 Å². The molecule has 0 bridgehead atoms. The third-order valence-electron chi connectivity index (χ3n) is 3.91. The van der Waals surface area contributed by atoms with Crippen molar-refractivity contribution in [2.45, 2.75) is 106 Å². The number of nitrogens with one attached hydrogen (secondary N) is 1. The number of hydrogen-bond acceptors (Lipinski definition) is 4. The van der Waals surface area contributed by atoms with E-state index >= 15 is 0 Å². The van der Waals surface area contributed by atoms with Crippen LogP contribution in [0.25, 0.3) is 0 Å². The second-order valence-electron chi connectivity index (χ2n) is 7.34. The van der Waals surface area contributed by atoms with Crippen LogP contribution in [0.4, 0.5) is 9.59 Å². The summed E-state index contributed by atoms with van der Waals surface area (Å²) in [4.78, 5) is 24.9. The van der Waals surface area contributed by atoms with Gasteiger partial charge in [0, 0.05) is 0 Å². The number of hydrogen-bond donors (Lipinski definition) is 1. The largest absolute Gasteiger partial charge is 0.446 e. The van der Waals surface area contributed by atoms with Crippen molar-refractivity contribution in [3.63, 3.8) is 0 Å². The van der Waals surface area contributed by atoms with E-state index in [0.717, 1.165) is 44.1 Å². The minimum Gasteiger partial charge on any atom is -0.446 e. The van der Waals surface area contributed by atoms with E-state index in [-0.39, 0.29) is 12.2 Å². The van der Waals surface area contributed by atoms with E-state index in [1.807, 2.05) is 13.0 Å². The number of carbonyl (C=O) groups excluding carboxylic acids is 2. The average Bonchev–Trinajstić information content (AvgIpc) is 2.60. The Hall–Kier alpha value is -1.98. The molecule has 0 aromatic carbocycles. The van der Waals surface area contributed by atoms with Crippen LogP contribution in [0.5, 0.6) is 0 Å². The van der Waals surface area contributed by atoms with Gasteiger partial charge in [0.15, 0.2) is 0 Å². The molecule has 6 nitrogen and oxygen atoms in total. The van der Waals surface area contributed by atoms with Crippen LogP contribution < -0.4 is 5.43 Å². The molecule has 0 unspecified atom stereocenters. The van der Waals surface area contributed by atoms with Gasteiger partial charge in [0.25, 0.3) is 0 Å². The first-order valence-electron chi connectivity index (χ1n) is 10.6. The van der Waals surface area contributed by atoms with Crippen LogP contribution in [-0.2, 0) is 9.47 Å². The molecule has 0 radical (unpaired) electrons. The standard InChI is InChI=1S/C22H40N2O4/c1-8-11-13-14-16-19(15-12-9-2)20(10-3)24(22(26)28-18(6)7)23-21(25)27-17(4)5/h10,16-18H,8-9,11-15H2,1-7H3,(H,23,25)/b19-16+,20-10+. The summed E-state index contributed by atoms with van der Waals surface area (Å²) in [6.45, 7) is 13.2. The number of ether oxygens (including phenoxy) is 2. The highest BCUT2D eigenvalue weighted by atomic mass is 16.6. The van der Waals surface area contributed by atoms with Gasteiger partial charge in [-0.2, -0.15) is 5.01 Å². The molecule has 0 heterocycles. The van der Waals surface area contributed by atoms with Crippen molar-refractivity contribution in [3.05, 3.63) is 23.4 Å². The molecule has 0 fully saturated rings. The maximum atomic E-state index is 12.7. The van der Waals surface area contributed by atoms with Gasteiger partial charge in [-0.15, -0.1) is 0 Å². The summed E-state index contributed by atoms with van der Waals surface area (Å²) in [5.41, 5.74) is 4.22. The maximum Gasteiger partial charge on any atom is 0.433 e. The Labute approximate surface area is 171 Å². The van der Waals surface area contributed by atoms with Crippen molar-refractivity contribution >= 4 is 12.2 Å². The number of rotatable bonds is 11. The summed E-state index contributed by atoms with van der Waals surface area (Å²) >= 11 is 0. The molecule has 1 N–H and O–H groups in total. The Bertz CT molecular complexity index is 525. The molecule has 6 heteroatoms. The highest BCUT2D eigenvalue weighted by Crippen LogP contribution is 2.23. The number of allylic oxidation sites excluding steroid dienone is 3. The zero-order valence-corrected chi connectivity index (χ0v) is 18.8. The Morgan fingerprint density at radius 1 is 0.964 bits per heavy atom. The van der Waals surface area contributed by atoms with Crippen molar-refractivity contribution in [1.82, 2.24) is 10.4 Å². The minimum atomic E-state index is -0.684. The molecule has 0 aliphatic carbocycles. The van der Waals surface area contributed by atoms with E-state index in [9.17, 15) is 9.59 Å². The van der Waals surface area contributed by atoms with Gasteiger partial charge in [0.05, 0.1) is 17.9 Å². The van der Waals surface area contributed by atoms with Crippen LogP contribution in [-0.4, -0.2) is 29.4 Å². The van der Waals surface area contributed by atoms with Gasteiger partial charge < -0.3 is 9.47 Å². The lowest BCUT2D eigenvalue weighted by Gasteiger charge is -2.27. The third kappa shape index (κ3) is 11.0. The fourth-order valence-corrected chi connectivity index (χ4v) is 2.62. The van der Waals surface area contributed by atoms with Crippen molar-refractivity contribution in [2.24, 2.45) is 0 Å². The first kappa shape index (κ1) is 26.0. The Balaban J connectivity index is 5.67. The maximum absolute atomic E-state index is 12.7. The van der Waals surface area contributed by atoms with E-state index in [4.69, 9.17) is 9.47 Å². The van der Waals surface area contributed by atoms with Gasteiger partial charge in [-0.1, -0.05) is 45.3 Å². The van der Waals surface area contributed by atoms with E-state index in [2.05, 4.69) is 25.3 Å². The molecule has 0 saturated carbocycles. The monoisotopic (exact) mass is 396 g/mol. The number of nitrogens with zero attached hydrogens (tertiary/aromatic N) is 1. The summed E-state index contributed by atoms with van der Waals surface area (Å²) in [6, 6.07) is 0. The van der Waals surface area contributed by atoms with Crippen LogP contribution in [0.1, 0.15) is 93.4 Å². The molecule has 162 valence electrons. The fourth-order valence-electron chi connectivity index (χ4n) is 2.62. The lowest BCUT2D eigenvalue weighted by Crippen LogP contribution is -2.47. The lowest BCUT2D eigenvalue weighted by atomic mass is 10.0. The van der Waals surface area contributed by atoms with Crippen molar-refractivity contribution in [1.29, 1.82) is 0 Å². The summed E-state index contributed by atoms with van der Waals surface area (Å²) in [5, 5.41) is 1.17. The third-order valence-corrected chi connectivity index (χ3v) is 3.91. The summed E-state index contributed by atoms with van der Waals surface area (Å²) in [5.74, 6) is 0. The zero-order chi connectivity index (χ0) is 21.5. The Kier molecular flexibility index (Phi) is 13.9. The molecule has 28 heavy (non-hydrogen) atoms. The predicted molar refractivity (Wildman–Crippen MR) is 114 cm³/mol. The van der Waals surface area contributed by atoms with Crippen molar-refractivity contribution < 1.29 is 19.1 Å². The Morgan fingerprint density at radius 2 is 1.57 bits per heavy atom. The second-order valence-corrected chi connectivity index (χ2v) is 7.34. The van der Waals surface area contributed by atoms with Crippen LogP contribution in [0.2, 0.25) is 0 Å². The summed E-state index contributed by atoms with van der Waals surface area (Å²) < 4.78 is 10.5. The van der Waals surface area contributed by atoms with Crippen molar-refractivity contribution in [2.75, 3.05) is 0 Å². The molecule has 0 aromatic rings. The number of carbonyl (C=O) groups is 2. The molecule has 0 saturated heterocycles. The molecule has 0 aromatic heterocycles. The molecule has 0 spiro atoms. The number of unbranched alkanes of at least 4 members (excludes halogenated alkanes) is 4. The van der Waals surface area contributed by atoms with Crippen molar-refractivity contribution in [3.8, 4) is 0 Å². The molecule has 0 rings (SSSR count). The van der Waals surface area contributed by atoms with Crippen LogP contribution in [0.3, 0.4) is 0 Å². The van der Waals surface area contributed by atoms with Crippen LogP contribution >= 0.6 is 0 Å². The van der Waals surface area contributed by atoms with Gasteiger partial charge in [0.2, 0.25) is 0 Å². The van der Waals surface area contributed by atoms with Crippen LogP contribution in [0.15, 0.2) is 23.4 Å². The molecule has 0 aliphatic rings. The van der Waals surface area contributed by atoms with Gasteiger partial charge in [-0.25, -0.2) is 15.0 Å². The zero-order valence-electron chi connectivity index (χ0n) is 18.8. The topological polar surface area (TPSA) is 67.9 Å². The smallest absolute Gasteiger partial charge is 0.433 e. The molecule has 0 atom stereocenters. The fraction of sp³-hybridized carbons (Fsp3) is 0.727. The highest BCUT2D eigenvalue weighted by Gasteiger charge is 2.25. The Morgan fingerprint density at radius 3 is 2.07 bits per heavy atom. The van der Waals surface area contributed by atoms with Gasteiger partial charge in [-0.3, -0.25) is 0 Å². The normalized spacial score (nSPS) is 12.3. The second kappa shape index (κ2) is 15.0. The first-order chi connectivity index (χ1) is 13.3. The van der Waals surface area contributed by atoms with E-state index in [1.165, 1.54) is 11.4 Å². The molecule has 2 amide bonds. The minimum absolute atomic E-state index is 0.291. The molecular weight excluding hydrogens is 356 g/mol.